The van der Waals surface area contributed by atoms with Crippen LogP contribution in [0.2, 0.25) is 5.02 Å². The minimum Gasteiger partial charge on any atom is -0.312 e. The molecule has 3 rings (SSSR count). The van der Waals surface area contributed by atoms with Gasteiger partial charge in [-0.3, -0.25) is 4.79 Å². The van der Waals surface area contributed by atoms with Crippen LogP contribution in [0.1, 0.15) is 18.4 Å². The molecule has 3 amide bonds. The highest BCUT2D eigenvalue weighted by Gasteiger charge is 2.22. The number of carbonyl (C=O) groups is 2. The van der Waals surface area contributed by atoms with Gasteiger partial charge in [-0.15, -0.1) is 0 Å². The summed E-state index contributed by atoms with van der Waals surface area (Å²) in [7, 11) is 0. The molecule has 0 unspecified atom stereocenters. The van der Waals surface area contributed by atoms with Crippen LogP contribution in [0.15, 0.2) is 42.5 Å². The lowest BCUT2D eigenvalue weighted by Gasteiger charge is -2.19. The summed E-state index contributed by atoms with van der Waals surface area (Å²) in [6, 6.07) is 12.1. The van der Waals surface area contributed by atoms with E-state index in [4.69, 9.17) is 11.6 Å². The monoisotopic (exact) mass is 343 g/mol. The second-order valence-electron chi connectivity index (χ2n) is 5.74. The third kappa shape index (κ3) is 3.68. The van der Waals surface area contributed by atoms with Crippen molar-refractivity contribution in [3.8, 4) is 0 Å². The normalized spacial score (nSPS) is 13.9. The first kappa shape index (κ1) is 16.3. The van der Waals surface area contributed by atoms with E-state index in [-0.39, 0.29) is 11.9 Å². The predicted octanol–water partition coefficient (Wildman–Crippen LogP) is 4.42. The molecule has 1 saturated heterocycles. The Bertz CT molecular complexity index is 774. The zero-order valence-corrected chi connectivity index (χ0v) is 14.1. The third-order valence-electron chi connectivity index (χ3n) is 3.92. The van der Waals surface area contributed by atoms with Gasteiger partial charge in [0.25, 0.3) is 0 Å². The number of amides is 3. The standard InChI is InChI=1S/C18H18ClN3O2/c1-12-11-15(8-9-16(12)22-10-2-3-17(22)23)21-18(24)20-14-6-4-13(19)5-7-14/h4-9,11H,2-3,10H2,1H3,(H2,20,21,24). The third-order valence-corrected chi connectivity index (χ3v) is 4.17. The first-order chi connectivity index (χ1) is 11.5. The van der Waals surface area contributed by atoms with E-state index in [1.807, 2.05) is 19.1 Å². The van der Waals surface area contributed by atoms with Crippen LogP contribution in [0.5, 0.6) is 0 Å². The Hall–Kier alpha value is -2.53. The first-order valence-electron chi connectivity index (χ1n) is 7.77. The molecule has 5 nitrogen and oxygen atoms in total. The number of carbonyl (C=O) groups excluding carboxylic acids is 2. The van der Waals surface area contributed by atoms with E-state index in [1.54, 1.807) is 35.2 Å². The molecule has 124 valence electrons. The van der Waals surface area contributed by atoms with E-state index >= 15 is 0 Å². The van der Waals surface area contributed by atoms with Gasteiger partial charge in [0.15, 0.2) is 0 Å². The van der Waals surface area contributed by atoms with Crippen LogP contribution in [-0.4, -0.2) is 18.5 Å². The smallest absolute Gasteiger partial charge is 0.312 e. The van der Waals surface area contributed by atoms with Gasteiger partial charge in [0.2, 0.25) is 5.91 Å². The van der Waals surface area contributed by atoms with Crippen LogP contribution in [0, 0.1) is 6.92 Å². The van der Waals surface area contributed by atoms with Crippen molar-refractivity contribution in [3.63, 3.8) is 0 Å². The van der Waals surface area contributed by atoms with Gasteiger partial charge >= 0.3 is 6.03 Å². The number of benzene rings is 2. The predicted molar refractivity (Wildman–Crippen MR) is 96.9 cm³/mol. The van der Waals surface area contributed by atoms with Crippen molar-refractivity contribution in [1.82, 2.24) is 0 Å². The average molecular weight is 344 g/mol. The molecule has 24 heavy (non-hydrogen) atoms. The first-order valence-corrected chi connectivity index (χ1v) is 8.15. The summed E-state index contributed by atoms with van der Waals surface area (Å²) in [6.07, 6.45) is 1.49. The second-order valence-corrected chi connectivity index (χ2v) is 6.17. The van der Waals surface area contributed by atoms with E-state index in [1.165, 1.54) is 0 Å². The average Bonchev–Trinajstić information content (AvgIpc) is 2.96. The molecule has 1 aliphatic heterocycles. The van der Waals surface area contributed by atoms with Crippen molar-refractivity contribution in [1.29, 1.82) is 0 Å². The quantitative estimate of drug-likeness (QED) is 0.866. The van der Waals surface area contributed by atoms with E-state index in [2.05, 4.69) is 10.6 Å². The van der Waals surface area contributed by atoms with E-state index < -0.39 is 0 Å². The van der Waals surface area contributed by atoms with Crippen molar-refractivity contribution < 1.29 is 9.59 Å². The van der Waals surface area contributed by atoms with Gasteiger partial charge in [-0.05, 0) is 61.4 Å². The zero-order chi connectivity index (χ0) is 17.1. The molecule has 1 fully saturated rings. The Kier molecular flexibility index (Phi) is 4.71. The van der Waals surface area contributed by atoms with Crippen molar-refractivity contribution in [2.24, 2.45) is 0 Å². The molecule has 6 heteroatoms. The van der Waals surface area contributed by atoms with Crippen molar-refractivity contribution in [2.45, 2.75) is 19.8 Å². The summed E-state index contributed by atoms with van der Waals surface area (Å²) in [5.41, 5.74) is 3.19. The van der Waals surface area contributed by atoms with Crippen molar-refractivity contribution >= 4 is 40.6 Å². The van der Waals surface area contributed by atoms with Crippen molar-refractivity contribution in [2.75, 3.05) is 22.1 Å². The molecule has 0 bridgehead atoms. The molecule has 2 aromatic rings. The van der Waals surface area contributed by atoms with E-state index in [0.29, 0.717) is 22.8 Å². The molecule has 0 aromatic heterocycles. The Balaban J connectivity index is 1.67. The number of rotatable bonds is 3. The maximum Gasteiger partial charge on any atom is 0.323 e. The molecule has 0 atom stereocenters. The number of halogens is 1. The Morgan fingerprint density at radius 1 is 1.08 bits per heavy atom. The number of nitrogens with zero attached hydrogens (tertiary/aromatic N) is 1. The number of nitrogens with one attached hydrogen (secondary N) is 2. The van der Waals surface area contributed by atoms with Crippen LogP contribution in [0.25, 0.3) is 0 Å². The number of anilines is 3. The fourth-order valence-electron chi connectivity index (χ4n) is 2.77. The lowest BCUT2D eigenvalue weighted by atomic mass is 10.1. The maximum absolute atomic E-state index is 12.1. The molecule has 2 N–H and O–H groups in total. The van der Waals surface area contributed by atoms with Gasteiger partial charge in [0.1, 0.15) is 0 Å². The Labute approximate surface area is 145 Å². The molecule has 0 spiro atoms. The zero-order valence-electron chi connectivity index (χ0n) is 13.3. The maximum atomic E-state index is 12.1. The lowest BCUT2D eigenvalue weighted by molar-refractivity contribution is -0.117. The van der Waals surface area contributed by atoms with Gasteiger partial charge in [-0.1, -0.05) is 11.6 Å². The van der Waals surface area contributed by atoms with Crippen LogP contribution in [0.3, 0.4) is 0 Å². The molecule has 0 radical (unpaired) electrons. The van der Waals surface area contributed by atoms with Crippen LogP contribution < -0.4 is 15.5 Å². The minimum atomic E-state index is -0.332. The SMILES string of the molecule is Cc1cc(NC(=O)Nc2ccc(Cl)cc2)ccc1N1CCCC1=O. The highest BCUT2D eigenvalue weighted by atomic mass is 35.5. The number of hydrogen-bond acceptors (Lipinski definition) is 2. The van der Waals surface area contributed by atoms with Crippen LogP contribution in [0.4, 0.5) is 21.9 Å². The highest BCUT2D eigenvalue weighted by Crippen LogP contribution is 2.27. The van der Waals surface area contributed by atoms with Gasteiger partial charge in [0, 0.05) is 35.1 Å². The summed E-state index contributed by atoms with van der Waals surface area (Å²) < 4.78 is 0. The Morgan fingerprint density at radius 2 is 1.75 bits per heavy atom. The summed E-state index contributed by atoms with van der Waals surface area (Å²) in [4.78, 5) is 25.7. The molecular weight excluding hydrogens is 326 g/mol. The fraction of sp³-hybridized carbons (Fsp3) is 0.222. The minimum absolute atomic E-state index is 0.152. The lowest BCUT2D eigenvalue weighted by Crippen LogP contribution is -2.24. The largest absolute Gasteiger partial charge is 0.323 e. The number of aryl methyl sites for hydroxylation is 1. The van der Waals surface area contributed by atoms with Gasteiger partial charge in [-0.2, -0.15) is 0 Å². The van der Waals surface area contributed by atoms with Gasteiger partial charge in [-0.25, -0.2) is 4.79 Å². The second kappa shape index (κ2) is 6.93. The van der Waals surface area contributed by atoms with E-state index in [9.17, 15) is 9.59 Å². The van der Waals surface area contributed by atoms with Crippen LogP contribution >= 0.6 is 11.6 Å². The van der Waals surface area contributed by atoms with E-state index in [0.717, 1.165) is 24.2 Å². The topological polar surface area (TPSA) is 61.4 Å². The Morgan fingerprint density at radius 3 is 2.38 bits per heavy atom. The summed E-state index contributed by atoms with van der Waals surface area (Å²) in [6.45, 7) is 2.69. The van der Waals surface area contributed by atoms with Crippen molar-refractivity contribution in [3.05, 3.63) is 53.1 Å². The molecule has 1 heterocycles. The molecule has 1 aliphatic rings. The van der Waals surface area contributed by atoms with Gasteiger partial charge < -0.3 is 15.5 Å². The van der Waals surface area contributed by atoms with Crippen LogP contribution in [-0.2, 0) is 4.79 Å². The molecular formula is C18H18ClN3O2. The summed E-state index contributed by atoms with van der Waals surface area (Å²) in [5, 5.41) is 6.14. The van der Waals surface area contributed by atoms with Gasteiger partial charge in [0.05, 0.1) is 0 Å². The number of hydrogen-bond donors (Lipinski definition) is 2. The summed E-state index contributed by atoms with van der Waals surface area (Å²) in [5.74, 6) is 0.152. The summed E-state index contributed by atoms with van der Waals surface area (Å²) >= 11 is 5.82. The molecule has 0 saturated carbocycles. The fourth-order valence-corrected chi connectivity index (χ4v) is 2.89. The highest BCUT2D eigenvalue weighted by molar-refractivity contribution is 6.30. The molecule has 0 aliphatic carbocycles. The number of urea groups is 1. The molecule has 2 aromatic carbocycles.